The summed E-state index contributed by atoms with van der Waals surface area (Å²) < 4.78 is 0. The van der Waals surface area contributed by atoms with Crippen LogP contribution in [-0.2, 0) is 5.33 Å². The van der Waals surface area contributed by atoms with E-state index in [-0.39, 0.29) is 17.7 Å². The third-order valence-electron chi connectivity index (χ3n) is 4.22. The van der Waals surface area contributed by atoms with Crippen LogP contribution in [0.1, 0.15) is 57.2 Å². The van der Waals surface area contributed by atoms with Gasteiger partial charge in [-0.2, -0.15) is 0 Å². The number of nitrogens with zero attached hydrogens (tertiary/aromatic N) is 1. The molecule has 0 fully saturated rings. The Morgan fingerprint density at radius 1 is 1.04 bits per heavy atom. The van der Waals surface area contributed by atoms with E-state index in [0.717, 1.165) is 22.4 Å². The van der Waals surface area contributed by atoms with Gasteiger partial charge >= 0.3 is 0 Å². The molecular weight excluding hydrogens is 354 g/mol. The minimum absolute atomic E-state index is 0.229. The summed E-state index contributed by atoms with van der Waals surface area (Å²) in [5.41, 5.74) is 4.64. The average molecular weight is 372 g/mol. The summed E-state index contributed by atoms with van der Waals surface area (Å²) in [6, 6.07) is 11.3. The highest BCUT2D eigenvalue weighted by Crippen LogP contribution is 2.36. The van der Waals surface area contributed by atoms with Crippen LogP contribution < -0.4 is 4.90 Å². The molecule has 1 aliphatic rings. The molecule has 3 nitrogen and oxygen atoms in total. The fraction of sp³-hybridized carbons (Fsp3) is 0.263. The second-order valence-electron chi connectivity index (χ2n) is 6.13. The number of imide groups is 1. The van der Waals surface area contributed by atoms with Crippen molar-refractivity contribution < 1.29 is 9.59 Å². The molecule has 4 heteroatoms. The van der Waals surface area contributed by atoms with Crippen LogP contribution in [0.25, 0.3) is 0 Å². The third-order valence-corrected chi connectivity index (χ3v) is 4.87. The number of fused-ring (bicyclic) bond motifs is 1. The lowest BCUT2D eigenvalue weighted by molar-refractivity contribution is 0.0925. The summed E-state index contributed by atoms with van der Waals surface area (Å²) >= 11 is 3.39. The number of anilines is 1. The van der Waals surface area contributed by atoms with Gasteiger partial charge in [-0.1, -0.05) is 54.0 Å². The van der Waals surface area contributed by atoms with E-state index in [0.29, 0.717) is 16.5 Å². The molecule has 23 heavy (non-hydrogen) atoms. The molecular formula is C19H18BrNO2. The number of hydrogen-bond donors (Lipinski definition) is 0. The number of carbonyl (C=O) groups excluding carboxylic acids is 2. The van der Waals surface area contributed by atoms with Crippen LogP contribution in [0.2, 0.25) is 0 Å². The highest BCUT2D eigenvalue weighted by Gasteiger charge is 2.38. The van der Waals surface area contributed by atoms with Gasteiger partial charge in [-0.05, 0) is 41.7 Å². The highest BCUT2D eigenvalue weighted by molar-refractivity contribution is 9.08. The SMILES string of the molecule is Cc1cccc(C(C)C)c1N1C(=O)c2ccc(CBr)cc2C1=O. The summed E-state index contributed by atoms with van der Waals surface area (Å²) in [7, 11) is 0. The van der Waals surface area contributed by atoms with Gasteiger partial charge in [0.15, 0.2) is 0 Å². The van der Waals surface area contributed by atoms with Crippen molar-refractivity contribution in [1.29, 1.82) is 0 Å². The quantitative estimate of drug-likeness (QED) is 0.573. The molecule has 0 atom stereocenters. The van der Waals surface area contributed by atoms with Gasteiger partial charge in [0, 0.05) is 5.33 Å². The molecule has 0 unspecified atom stereocenters. The minimum atomic E-state index is -0.234. The van der Waals surface area contributed by atoms with Gasteiger partial charge < -0.3 is 0 Å². The van der Waals surface area contributed by atoms with Crippen LogP contribution in [0.5, 0.6) is 0 Å². The van der Waals surface area contributed by atoms with Gasteiger partial charge in [0.1, 0.15) is 0 Å². The first kappa shape index (κ1) is 15.9. The predicted octanol–water partition coefficient (Wildman–Crippen LogP) is 4.81. The number of para-hydroxylation sites is 1. The maximum atomic E-state index is 12.9. The molecule has 118 valence electrons. The lowest BCUT2D eigenvalue weighted by atomic mass is 9.97. The molecule has 0 saturated heterocycles. The van der Waals surface area contributed by atoms with Crippen LogP contribution in [0.15, 0.2) is 36.4 Å². The van der Waals surface area contributed by atoms with Crippen molar-refractivity contribution in [2.45, 2.75) is 32.0 Å². The Kier molecular flexibility index (Phi) is 4.11. The number of amides is 2. The molecule has 0 radical (unpaired) electrons. The Balaban J connectivity index is 2.17. The third kappa shape index (κ3) is 2.51. The van der Waals surface area contributed by atoms with Crippen LogP contribution in [0, 0.1) is 6.92 Å². The molecule has 2 amide bonds. The van der Waals surface area contributed by atoms with Crippen molar-refractivity contribution in [3.8, 4) is 0 Å². The van der Waals surface area contributed by atoms with Gasteiger partial charge in [-0.25, -0.2) is 4.90 Å². The first-order valence-electron chi connectivity index (χ1n) is 7.63. The van der Waals surface area contributed by atoms with E-state index in [1.807, 2.05) is 31.2 Å². The monoisotopic (exact) mass is 371 g/mol. The molecule has 0 N–H and O–H groups in total. The number of hydrogen-bond acceptors (Lipinski definition) is 2. The summed E-state index contributed by atoms with van der Waals surface area (Å²) in [5.74, 6) is -0.237. The van der Waals surface area contributed by atoms with Crippen molar-refractivity contribution in [1.82, 2.24) is 0 Å². The number of benzene rings is 2. The summed E-state index contributed by atoms with van der Waals surface area (Å²) in [6.45, 7) is 6.08. The van der Waals surface area contributed by atoms with E-state index in [2.05, 4.69) is 29.8 Å². The maximum Gasteiger partial charge on any atom is 0.266 e. The van der Waals surface area contributed by atoms with Crippen molar-refractivity contribution in [2.24, 2.45) is 0 Å². The maximum absolute atomic E-state index is 12.9. The Bertz CT molecular complexity index is 811. The summed E-state index contributed by atoms with van der Waals surface area (Å²) in [4.78, 5) is 27.1. The van der Waals surface area contributed by atoms with E-state index < -0.39 is 0 Å². The van der Waals surface area contributed by atoms with Gasteiger partial charge in [-0.15, -0.1) is 0 Å². The molecule has 1 heterocycles. The van der Waals surface area contributed by atoms with E-state index in [4.69, 9.17) is 0 Å². The largest absolute Gasteiger partial charge is 0.268 e. The molecule has 2 aromatic rings. The zero-order valence-electron chi connectivity index (χ0n) is 13.4. The lowest BCUT2D eigenvalue weighted by Gasteiger charge is -2.22. The second-order valence-corrected chi connectivity index (χ2v) is 6.69. The minimum Gasteiger partial charge on any atom is -0.268 e. The Morgan fingerprint density at radius 3 is 2.39 bits per heavy atom. The number of rotatable bonds is 3. The zero-order valence-corrected chi connectivity index (χ0v) is 15.0. The number of alkyl halides is 1. The Morgan fingerprint density at radius 2 is 1.74 bits per heavy atom. The number of aryl methyl sites for hydroxylation is 1. The summed E-state index contributed by atoms with van der Waals surface area (Å²) in [5, 5.41) is 0.656. The van der Waals surface area contributed by atoms with Gasteiger partial charge in [0.05, 0.1) is 16.8 Å². The fourth-order valence-corrected chi connectivity index (χ4v) is 3.38. The average Bonchev–Trinajstić information content (AvgIpc) is 2.78. The normalized spacial score (nSPS) is 13.9. The smallest absolute Gasteiger partial charge is 0.266 e. The van der Waals surface area contributed by atoms with Crippen molar-refractivity contribution in [2.75, 3.05) is 4.90 Å². The Labute approximate surface area is 144 Å². The number of carbonyl (C=O) groups is 2. The van der Waals surface area contributed by atoms with Crippen LogP contribution >= 0.6 is 15.9 Å². The van der Waals surface area contributed by atoms with Gasteiger partial charge in [-0.3, -0.25) is 9.59 Å². The molecule has 2 aromatic carbocycles. The molecule has 1 aliphatic heterocycles. The first-order valence-corrected chi connectivity index (χ1v) is 8.75. The lowest BCUT2D eigenvalue weighted by Crippen LogP contribution is -2.31. The number of halogens is 1. The molecule has 0 spiro atoms. The van der Waals surface area contributed by atoms with Crippen molar-refractivity contribution >= 4 is 33.4 Å². The van der Waals surface area contributed by atoms with Gasteiger partial charge in [0.2, 0.25) is 0 Å². The molecule has 0 bridgehead atoms. The molecule has 0 aliphatic carbocycles. The zero-order chi connectivity index (χ0) is 16.7. The standard InChI is InChI=1S/C19H18BrNO2/c1-11(2)14-6-4-5-12(3)17(14)21-18(22)15-8-7-13(10-20)9-16(15)19(21)23/h4-9,11H,10H2,1-3H3. The first-order chi connectivity index (χ1) is 11.0. The highest BCUT2D eigenvalue weighted by atomic mass is 79.9. The van der Waals surface area contributed by atoms with Crippen LogP contribution in [0.3, 0.4) is 0 Å². The predicted molar refractivity (Wildman–Crippen MR) is 95.5 cm³/mol. The van der Waals surface area contributed by atoms with Crippen molar-refractivity contribution in [3.63, 3.8) is 0 Å². The van der Waals surface area contributed by atoms with Crippen LogP contribution in [0.4, 0.5) is 5.69 Å². The fourth-order valence-electron chi connectivity index (χ4n) is 3.03. The van der Waals surface area contributed by atoms with Gasteiger partial charge in [0.25, 0.3) is 11.8 Å². The second kappa shape index (κ2) is 5.93. The van der Waals surface area contributed by atoms with Crippen LogP contribution in [-0.4, -0.2) is 11.8 Å². The van der Waals surface area contributed by atoms with E-state index in [1.54, 1.807) is 12.1 Å². The van der Waals surface area contributed by atoms with E-state index in [1.165, 1.54) is 4.90 Å². The topological polar surface area (TPSA) is 37.4 Å². The molecule has 0 aromatic heterocycles. The summed E-state index contributed by atoms with van der Waals surface area (Å²) in [6.07, 6.45) is 0. The van der Waals surface area contributed by atoms with E-state index >= 15 is 0 Å². The van der Waals surface area contributed by atoms with E-state index in [9.17, 15) is 9.59 Å². The Hall–Kier alpha value is -1.94. The van der Waals surface area contributed by atoms with Crippen molar-refractivity contribution in [3.05, 3.63) is 64.2 Å². The molecule has 3 rings (SSSR count). The molecule has 0 saturated carbocycles.